The number of carbonyl (C=O) groups is 1. The van der Waals surface area contributed by atoms with Gasteiger partial charge in [0.25, 0.3) is 11.8 Å². The zero-order chi connectivity index (χ0) is 7.72. The van der Waals surface area contributed by atoms with E-state index in [4.69, 9.17) is 10.8 Å². The van der Waals surface area contributed by atoms with E-state index in [1.54, 1.807) is 0 Å². The number of rotatable bonds is 1. The molecule has 1 aromatic heterocycles. The Morgan fingerprint density at radius 2 is 2.40 bits per heavy atom. The van der Waals surface area contributed by atoms with Crippen LogP contribution in [0.4, 0.5) is 0 Å². The molecule has 54 valence electrons. The van der Waals surface area contributed by atoms with Crippen molar-refractivity contribution in [2.75, 3.05) is 0 Å². The highest BCUT2D eigenvalue weighted by Gasteiger charge is 2.13. The highest BCUT2D eigenvalue weighted by molar-refractivity contribution is 5.92. The highest BCUT2D eigenvalue weighted by atomic mass is 16.3. The van der Waals surface area contributed by atoms with Crippen LogP contribution in [0.15, 0.2) is 0 Å². The number of hydrogen-bond donors (Lipinski definition) is 2. The van der Waals surface area contributed by atoms with Crippen LogP contribution in [0.25, 0.3) is 0 Å². The third-order valence-electron chi connectivity index (χ3n) is 1.04. The van der Waals surface area contributed by atoms with Crippen molar-refractivity contribution in [1.29, 1.82) is 0 Å². The Morgan fingerprint density at radius 1 is 1.80 bits per heavy atom. The summed E-state index contributed by atoms with van der Waals surface area (Å²) < 4.78 is 1.11. The van der Waals surface area contributed by atoms with Gasteiger partial charge in [0.15, 0.2) is 5.69 Å². The number of nitrogens with zero attached hydrogens (tertiary/aromatic N) is 3. The molecule has 0 aromatic carbocycles. The van der Waals surface area contributed by atoms with Gasteiger partial charge in [0.1, 0.15) is 0 Å². The number of aromatic nitrogens is 3. The average molecular weight is 142 g/mol. The lowest BCUT2D eigenvalue weighted by atomic mass is 10.4. The molecule has 1 rings (SSSR count). The number of carbonyl (C=O) groups excluding carboxylic acids is 1. The van der Waals surface area contributed by atoms with Crippen LogP contribution in [0.1, 0.15) is 10.5 Å². The monoisotopic (exact) mass is 142 g/mol. The number of aryl methyl sites for hydroxylation is 1. The number of primary amides is 1. The van der Waals surface area contributed by atoms with Crippen LogP contribution in [0.5, 0.6) is 5.88 Å². The molecule has 0 spiro atoms. The lowest BCUT2D eigenvalue weighted by molar-refractivity contribution is 0.0988. The summed E-state index contributed by atoms with van der Waals surface area (Å²) in [5.74, 6) is -1.18. The molecule has 0 bridgehead atoms. The lowest BCUT2D eigenvalue weighted by Crippen LogP contribution is -2.15. The van der Waals surface area contributed by atoms with E-state index in [1.165, 1.54) is 7.05 Å². The van der Waals surface area contributed by atoms with Gasteiger partial charge in [-0.05, 0) is 0 Å². The van der Waals surface area contributed by atoms with Crippen molar-refractivity contribution in [2.45, 2.75) is 0 Å². The first-order valence-electron chi connectivity index (χ1n) is 2.51. The van der Waals surface area contributed by atoms with Crippen molar-refractivity contribution in [1.82, 2.24) is 15.0 Å². The topological polar surface area (TPSA) is 94.0 Å². The van der Waals surface area contributed by atoms with Gasteiger partial charge in [-0.3, -0.25) is 4.79 Å². The van der Waals surface area contributed by atoms with Crippen LogP contribution in [-0.2, 0) is 7.05 Å². The van der Waals surface area contributed by atoms with Gasteiger partial charge in [-0.25, -0.2) is 4.68 Å². The molecule has 0 aliphatic heterocycles. The summed E-state index contributed by atoms with van der Waals surface area (Å²) >= 11 is 0. The number of aromatic hydroxyl groups is 1. The standard InChI is InChI=1S/C4H6N4O2/c1-8-2(3(5)9)4(10)6-7-8/h10H,1H3,(H2,5,9). The van der Waals surface area contributed by atoms with Gasteiger partial charge in [-0.1, -0.05) is 10.3 Å². The Kier molecular flexibility index (Phi) is 1.29. The maximum atomic E-state index is 10.5. The lowest BCUT2D eigenvalue weighted by Gasteiger charge is -1.91. The summed E-state index contributed by atoms with van der Waals surface area (Å²) in [4.78, 5) is 10.5. The van der Waals surface area contributed by atoms with E-state index < -0.39 is 11.8 Å². The molecule has 3 N–H and O–H groups in total. The summed E-state index contributed by atoms with van der Waals surface area (Å²) in [6.45, 7) is 0. The summed E-state index contributed by atoms with van der Waals surface area (Å²) in [7, 11) is 1.47. The highest BCUT2D eigenvalue weighted by Crippen LogP contribution is 2.08. The number of hydrogen-bond acceptors (Lipinski definition) is 4. The van der Waals surface area contributed by atoms with Gasteiger partial charge in [0, 0.05) is 7.05 Å². The molecule has 0 fully saturated rings. The third kappa shape index (κ3) is 0.790. The SMILES string of the molecule is Cn1nnc(O)c1C(N)=O. The molecule has 1 amide bonds. The first-order chi connectivity index (χ1) is 4.63. The summed E-state index contributed by atoms with van der Waals surface area (Å²) in [6, 6.07) is 0. The second kappa shape index (κ2) is 1.98. The normalized spacial score (nSPS) is 9.70. The van der Waals surface area contributed by atoms with E-state index in [1.807, 2.05) is 0 Å². The largest absolute Gasteiger partial charge is 0.491 e. The van der Waals surface area contributed by atoms with Crippen molar-refractivity contribution in [3.05, 3.63) is 5.69 Å². The van der Waals surface area contributed by atoms with E-state index in [2.05, 4.69) is 10.3 Å². The molecule has 0 radical (unpaired) electrons. The molecule has 1 heterocycles. The quantitative estimate of drug-likeness (QED) is 0.505. The second-order valence-electron chi connectivity index (χ2n) is 1.75. The molecule has 6 nitrogen and oxygen atoms in total. The van der Waals surface area contributed by atoms with Crippen LogP contribution >= 0.6 is 0 Å². The fourth-order valence-electron chi connectivity index (χ4n) is 0.616. The molecule has 0 unspecified atom stereocenters. The minimum Gasteiger partial charge on any atom is -0.491 e. The van der Waals surface area contributed by atoms with Gasteiger partial charge < -0.3 is 10.8 Å². The third-order valence-corrected chi connectivity index (χ3v) is 1.04. The molecular formula is C4H6N4O2. The molecule has 0 aliphatic rings. The second-order valence-corrected chi connectivity index (χ2v) is 1.75. The maximum Gasteiger partial charge on any atom is 0.272 e. The van der Waals surface area contributed by atoms with Crippen molar-refractivity contribution < 1.29 is 9.90 Å². The predicted octanol–water partition coefficient (Wildman–Crippen LogP) is -1.38. The van der Waals surface area contributed by atoms with Crippen LogP contribution in [-0.4, -0.2) is 26.0 Å². The van der Waals surface area contributed by atoms with Crippen LogP contribution in [0.2, 0.25) is 0 Å². The summed E-state index contributed by atoms with van der Waals surface area (Å²) in [6.07, 6.45) is 0. The van der Waals surface area contributed by atoms with Crippen LogP contribution in [0.3, 0.4) is 0 Å². The van der Waals surface area contributed by atoms with E-state index >= 15 is 0 Å². The molecule has 6 heteroatoms. The molecule has 0 saturated heterocycles. The zero-order valence-electron chi connectivity index (χ0n) is 5.27. The average Bonchev–Trinajstić information content (AvgIpc) is 2.11. The van der Waals surface area contributed by atoms with Crippen molar-refractivity contribution in [3.8, 4) is 5.88 Å². The van der Waals surface area contributed by atoms with E-state index in [-0.39, 0.29) is 5.69 Å². The van der Waals surface area contributed by atoms with Crippen molar-refractivity contribution in [2.24, 2.45) is 12.8 Å². The van der Waals surface area contributed by atoms with Gasteiger partial charge in [-0.15, -0.1) is 0 Å². The smallest absolute Gasteiger partial charge is 0.272 e. The number of amides is 1. The van der Waals surface area contributed by atoms with Crippen molar-refractivity contribution in [3.63, 3.8) is 0 Å². The molecule has 1 aromatic rings. The van der Waals surface area contributed by atoms with E-state index in [0.717, 1.165) is 4.68 Å². The minimum absolute atomic E-state index is 0.0833. The molecular weight excluding hydrogens is 136 g/mol. The molecule has 0 saturated carbocycles. The summed E-state index contributed by atoms with van der Waals surface area (Å²) in [5, 5.41) is 15.4. The minimum atomic E-state index is -0.745. The predicted molar refractivity (Wildman–Crippen MR) is 31.2 cm³/mol. The van der Waals surface area contributed by atoms with Crippen molar-refractivity contribution >= 4 is 5.91 Å². The van der Waals surface area contributed by atoms with Crippen LogP contribution in [0, 0.1) is 0 Å². The van der Waals surface area contributed by atoms with E-state index in [0.29, 0.717) is 0 Å². The Bertz CT molecular complexity index is 247. The Hall–Kier alpha value is -1.59. The van der Waals surface area contributed by atoms with Gasteiger partial charge in [-0.2, -0.15) is 0 Å². The first-order valence-corrected chi connectivity index (χ1v) is 2.51. The van der Waals surface area contributed by atoms with Gasteiger partial charge in [0.05, 0.1) is 0 Å². The van der Waals surface area contributed by atoms with Gasteiger partial charge >= 0.3 is 0 Å². The van der Waals surface area contributed by atoms with Gasteiger partial charge in [0.2, 0.25) is 0 Å². The maximum absolute atomic E-state index is 10.5. The molecule has 0 atom stereocenters. The Labute approximate surface area is 56.3 Å². The zero-order valence-corrected chi connectivity index (χ0v) is 5.27. The molecule has 10 heavy (non-hydrogen) atoms. The fraction of sp³-hybridized carbons (Fsp3) is 0.250. The Morgan fingerprint density at radius 3 is 2.60 bits per heavy atom. The van der Waals surface area contributed by atoms with Crippen LogP contribution < -0.4 is 5.73 Å². The fourth-order valence-corrected chi connectivity index (χ4v) is 0.616. The Balaban J connectivity index is 3.23. The molecule has 0 aliphatic carbocycles. The summed E-state index contributed by atoms with van der Waals surface area (Å²) in [5.41, 5.74) is 4.78. The van der Waals surface area contributed by atoms with E-state index in [9.17, 15) is 4.79 Å². The number of nitrogens with two attached hydrogens (primary N) is 1. The first kappa shape index (κ1) is 6.53.